The molecule has 0 bridgehead atoms. The van der Waals surface area contributed by atoms with E-state index in [1.807, 2.05) is 26.8 Å². The molecular formula is C14H22ClNO2S. The lowest BCUT2D eigenvalue weighted by molar-refractivity contribution is 0.481. The van der Waals surface area contributed by atoms with Crippen molar-refractivity contribution in [2.45, 2.75) is 38.5 Å². The number of aryl methyl sites for hydroxylation is 2. The number of hydrogen-bond donors (Lipinski definition) is 1. The molecule has 0 heterocycles. The molecule has 0 aliphatic rings. The molecule has 19 heavy (non-hydrogen) atoms. The zero-order chi connectivity index (χ0) is 14.5. The third-order valence-electron chi connectivity index (χ3n) is 3.45. The predicted molar refractivity (Wildman–Crippen MR) is 80.2 cm³/mol. The summed E-state index contributed by atoms with van der Waals surface area (Å²) < 4.78 is 27.0. The Morgan fingerprint density at radius 1 is 1.26 bits per heavy atom. The van der Waals surface area contributed by atoms with Crippen molar-refractivity contribution >= 4 is 21.6 Å². The smallest absolute Gasteiger partial charge is 0.211 e. The van der Waals surface area contributed by atoms with Crippen LogP contribution in [0.1, 0.15) is 30.9 Å². The number of sulfonamides is 1. The molecule has 0 amide bonds. The molecule has 5 heteroatoms. The van der Waals surface area contributed by atoms with Crippen LogP contribution in [0.5, 0.6) is 0 Å². The van der Waals surface area contributed by atoms with Gasteiger partial charge < -0.3 is 0 Å². The molecule has 0 saturated carbocycles. The number of benzene rings is 1. The maximum Gasteiger partial charge on any atom is 0.240 e. The predicted octanol–water partition coefficient (Wildman–Crippen LogP) is 3.24. The summed E-state index contributed by atoms with van der Waals surface area (Å²) in [5.41, 5.74) is 2.07. The van der Waals surface area contributed by atoms with Gasteiger partial charge in [0.25, 0.3) is 0 Å². The molecule has 0 aliphatic carbocycles. The van der Waals surface area contributed by atoms with E-state index in [1.165, 1.54) is 0 Å². The largest absolute Gasteiger partial charge is 0.240 e. The second-order valence-corrected chi connectivity index (χ2v) is 6.99. The Balaban J connectivity index is 2.78. The Morgan fingerprint density at radius 3 is 2.47 bits per heavy atom. The van der Waals surface area contributed by atoms with E-state index in [0.717, 1.165) is 24.0 Å². The highest BCUT2D eigenvalue weighted by molar-refractivity contribution is 7.89. The molecule has 0 aliphatic heterocycles. The third-order valence-corrected chi connectivity index (χ3v) is 5.08. The van der Waals surface area contributed by atoms with E-state index in [-0.39, 0.29) is 0 Å². The van der Waals surface area contributed by atoms with Crippen LogP contribution in [0.4, 0.5) is 0 Å². The fraction of sp³-hybridized carbons (Fsp3) is 0.571. The fourth-order valence-corrected chi connectivity index (χ4v) is 3.31. The van der Waals surface area contributed by atoms with Gasteiger partial charge in [-0.15, -0.1) is 11.6 Å². The summed E-state index contributed by atoms with van der Waals surface area (Å²) in [5.74, 6) is 0.850. The molecule has 1 N–H and O–H groups in total. The molecule has 108 valence electrons. The highest BCUT2D eigenvalue weighted by atomic mass is 35.5. The normalized spacial score (nSPS) is 13.5. The van der Waals surface area contributed by atoms with Crippen molar-refractivity contribution in [3.05, 3.63) is 29.3 Å². The summed E-state index contributed by atoms with van der Waals surface area (Å²) in [7, 11) is -3.42. The van der Waals surface area contributed by atoms with Crippen LogP contribution in [0.25, 0.3) is 0 Å². The average molecular weight is 304 g/mol. The molecule has 1 aromatic carbocycles. The Morgan fingerprint density at radius 2 is 1.95 bits per heavy atom. The number of halogens is 1. The first kappa shape index (κ1) is 16.5. The Hall–Kier alpha value is -0.580. The molecule has 3 nitrogen and oxygen atoms in total. The van der Waals surface area contributed by atoms with Crippen molar-refractivity contribution in [1.82, 2.24) is 4.72 Å². The first-order chi connectivity index (χ1) is 8.90. The van der Waals surface area contributed by atoms with Crippen LogP contribution in [-0.4, -0.2) is 20.8 Å². The van der Waals surface area contributed by atoms with Gasteiger partial charge in [-0.3, -0.25) is 0 Å². The van der Waals surface area contributed by atoms with Gasteiger partial charge in [-0.2, -0.15) is 0 Å². The molecule has 1 atom stereocenters. The van der Waals surface area contributed by atoms with Crippen molar-refractivity contribution in [1.29, 1.82) is 0 Å². The number of hydrogen-bond acceptors (Lipinski definition) is 2. The van der Waals surface area contributed by atoms with Crippen molar-refractivity contribution in [3.8, 4) is 0 Å². The van der Waals surface area contributed by atoms with E-state index >= 15 is 0 Å². The van der Waals surface area contributed by atoms with Crippen LogP contribution in [0.15, 0.2) is 23.1 Å². The van der Waals surface area contributed by atoms with Crippen LogP contribution < -0.4 is 4.72 Å². The van der Waals surface area contributed by atoms with E-state index < -0.39 is 10.0 Å². The molecule has 0 aromatic heterocycles. The lowest BCUT2D eigenvalue weighted by atomic mass is 10.0. The molecule has 1 unspecified atom stereocenters. The molecule has 1 rings (SSSR count). The van der Waals surface area contributed by atoms with E-state index in [4.69, 9.17) is 11.6 Å². The number of rotatable bonds is 7. The van der Waals surface area contributed by atoms with Gasteiger partial charge in [0, 0.05) is 12.4 Å². The standard InChI is InChI=1S/C14H22ClNO2S/c1-4-13(7-8-15)10-16-19(17,18)14-6-5-11(2)12(3)9-14/h5-6,9,13,16H,4,7-8,10H2,1-3H3. The lowest BCUT2D eigenvalue weighted by Crippen LogP contribution is -2.29. The van der Waals surface area contributed by atoms with Gasteiger partial charge in [0.15, 0.2) is 0 Å². The van der Waals surface area contributed by atoms with E-state index in [1.54, 1.807) is 12.1 Å². The van der Waals surface area contributed by atoms with Crippen LogP contribution in [0.3, 0.4) is 0 Å². The SMILES string of the molecule is CCC(CCCl)CNS(=O)(=O)c1ccc(C)c(C)c1. The zero-order valence-corrected chi connectivity index (χ0v) is 13.3. The first-order valence-electron chi connectivity index (χ1n) is 6.53. The van der Waals surface area contributed by atoms with Gasteiger partial charge in [-0.1, -0.05) is 19.4 Å². The van der Waals surface area contributed by atoms with Gasteiger partial charge >= 0.3 is 0 Å². The van der Waals surface area contributed by atoms with Crippen molar-refractivity contribution in [2.24, 2.45) is 5.92 Å². The van der Waals surface area contributed by atoms with E-state index in [2.05, 4.69) is 4.72 Å². The van der Waals surface area contributed by atoms with Gasteiger partial charge in [-0.25, -0.2) is 13.1 Å². The minimum Gasteiger partial charge on any atom is -0.211 e. The van der Waals surface area contributed by atoms with Crippen LogP contribution in [0, 0.1) is 19.8 Å². The second kappa shape index (κ2) is 7.27. The Labute approximate surface area is 121 Å². The maximum atomic E-state index is 12.2. The molecule has 1 aromatic rings. The van der Waals surface area contributed by atoms with E-state index in [0.29, 0.717) is 23.2 Å². The van der Waals surface area contributed by atoms with Gasteiger partial charge in [0.2, 0.25) is 10.0 Å². The van der Waals surface area contributed by atoms with Crippen molar-refractivity contribution in [2.75, 3.05) is 12.4 Å². The molecule has 0 saturated heterocycles. The third kappa shape index (κ3) is 4.79. The summed E-state index contributed by atoms with van der Waals surface area (Å²) >= 11 is 5.70. The highest BCUT2D eigenvalue weighted by Gasteiger charge is 2.16. The van der Waals surface area contributed by atoms with Gasteiger partial charge in [-0.05, 0) is 49.4 Å². The Bertz CT molecular complexity index is 514. The lowest BCUT2D eigenvalue weighted by Gasteiger charge is -2.15. The van der Waals surface area contributed by atoms with Crippen LogP contribution in [0.2, 0.25) is 0 Å². The van der Waals surface area contributed by atoms with Crippen molar-refractivity contribution < 1.29 is 8.42 Å². The minimum atomic E-state index is -3.42. The Kier molecular flexibility index (Phi) is 6.30. The van der Waals surface area contributed by atoms with Crippen molar-refractivity contribution in [3.63, 3.8) is 0 Å². The average Bonchev–Trinajstić information content (AvgIpc) is 2.37. The fourth-order valence-electron chi connectivity index (χ4n) is 1.80. The first-order valence-corrected chi connectivity index (χ1v) is 8.55. The summed E-state index contributed by atoms with van der Waals surface area (Å²) in [6.45, 7) is 6.36. The zero-order valence-electron chi connectivity index (χ0n) is 11.7. The van der Waals surface area contributed by atoms with Gasteiger partial charge in [0.05, 0.1) is 4.90 Å². The topological polar surface area (TPSA) is 46.2 Å². The summed E-state index contributed by atoms with van der Waals surface area (Å²) in [6, 6.07) is 5.19. The van der Waals surface area contributed by atoms with Crippen LogP contribution in [-0.2, 0) is 10.0 Å². The number of nitrogens with one attached hydrogen (secondary N) is 1. The van der Waals surface area contributed by atoms with Gasteiger partial charge in [0.1, 0.15) is 0 Å². The minimum absolute atomic E-state index is 0.291. The van der Waals surface area contributed by atoms with Crippen LogP contribution >= 0.6 is 11.6 Å². The highest BCUT2D eigenvalue weighted by Crippen LogP contribution is 2.15. The molecule has 0 fully saturated rings. The number of alkyl halides is 1. The van der Waals surface area contributed by atoms with E-state index in [9.17, 15) is 8.42 Å². The maximum absolute atomic E-state index is 12.2. The summed E-state index contributed by atoms with van der Waals surface area (Å²) in [5, 5.41) is 0. The molecule has 0 radical (unpaired) electrons. The summed E-state index contributed by atoms with van der Waals surface area (Å²) in [4.78, 5) is 0.330. The summed E-state index contributed by atoms with van der Waals surface area (Å²) in [6.07, 6.45) is 1.75. The monoisotopic (exact) mass is 303 g/mol. The quantitative estimate of drug-likeness (QED) is 0.786. The molecular weight excluding hydrogens is 282 g/mol. The molecule has 0 spiro atoms. The second-order valence-electron chi connectivity index (χ2n) is 4.85.